The Kier molecular flexibility index (Phi) is 5.53. The number of hydrogen-bond acceptors (Lipinski definition) is 3. The maximum atomic E-state index is 6.09. The lowest BCUT2D eigenvalue weighted by Gasteiger charge is -2.19. The predicted molar refractivity (Wildman–Crippen MR) is 80.5 cm³/mol. The van der Waals surface area contributed by atoms with E-state index in [2.05, 4.69) is 0 Å². The number of hydrogen-bond donors (Lipinski definition) is 0. The summed E-state index contributed by atoms with van der Waals surface area (Å²) >= 11 is 48.6. The molecule has 0 amide bonds. The summed E-state index contributed by atoms with van der Waals surface area (Å²) in [5.41, 5.74) is 0. The highest BCUT2D eigenvalue weighted by Gasteiger charge is 2.73. The van der Waals surface area contributed by atoms with Crippen LogP contribution in [-0.2, 0) is 0 Å². The smallest absolute Gasteiger partial charge is 0.0910 e. The number of rotatable bonds is 2. The number of thioether (sulfide) groups is 3. The molecule has 1 rings (SSSR count). The van der Waals surface area contributed by atoms with Crippen LogP contribution in [0.4, 0.5) is 0 Å². The van der Waals surface area contributed by atoms with E-state index >= 15 is 0 Å². The van der Waals surface area contributed by atoms with Crippen LogP contribution in [0.3, 0.4) is 0 Å². The van der Waals surface area contributed by atoms with E-state index < -0.39 is 13.3 Å². The number of alkyl halides is 8. The van der Waals surface area contributed by atoms with E-state index in [4.69, 9.17) is 92.8 Å². The van der Waals surface area contributed by atoms with E-state index in [9.17, 15) is 0 Å². The van der Waals surface area contributed by atoms with Crippen LogP contribution in [0.2, 0.25) is 0 Å². The van der Waals surface area contributed by atoms with Crippen molar-refractivity contribution in [2.45, 2.75) is 13.3 Å². The van der Waals surface area contributed by atoms with Crippen LogP contribution in [0.25, 0.3) is 0 Å². The maximum Gasteiger partial charge on any atom is 0.240 e. The molecule has 1 aliphatic rings. The molecule has 1 aliphatic heterocycles. The SMILES string of the molecule is ClC(Cl)(Cl)S[C@]1(Cl)S[C@@]1(Cl)SC(Cl)(Cl)Cl. The molecule has 0 saturated carbocycles. The lowest BCUT2D eigenvalue weighted by atomic mass is 10.9. The number of halogens is 8. The van der Waals surface area contributed by atoms with Gasteiger partial charge in [0.05, 0.1) is 0 Å². The Bertz CT molecular complexity index is 234. The zero-order valence-corrected chi connectivity index (χ0v) is 14.7. The monoisotopic (exact) mass is 424 g/mol. The molecular weight excluding hydrogens is 428 g/mol. The van der Waals surface area contributed by atoms with Crippen molar-refractivity contribution in [3.8, 4) is 0 Å². The first-order valence-electron chi connectivity index (χ1n) is 2.99. The minimum atomic E-state index is -1.57. The predicted octanol–water partition coefficient (Wildman–Crippen LogP) is 6.64. The lowest BCUT2D eigenvalue weighted by Crippen LogP contribution is -2.15. The third-order valence-corrected chi connectivity index (χ3v) is 8.42. The third kappa shape index (κ3) is 5.10. The molecule has 15 heavy (non-hydrogen) atoms. The van der Waals surface area contributed by atoms with Crippen LogP contribution < -0.4 is 0 Å². The molecule has 0 aromatic heterocycles. The van der Waals surface area contributed by atoms with Gasteiger partial charge >= 0.3 is 0 Å². The molecular formula is C4Cl8S3. The molecule has 0 unspecified atom stereocenters. The van der Waals surface area contributed by atoms with Gasteiger partial charge in [-0.3, -0.25) is 0 Å². The van der Waals surface area contributed by atoms with Crippen LogP contribution in [0.5, 0.6) is 0 Å². The van der Waals surface area contributed by atoms with E-state index in [1.807, 2.05) is 0 Å². The third-order valence-electron chi connectivity index (χ3n) is 1.07. The van der Waals surface area contributed by atoms with Gasteiger partial charge in [-0.25, -0.2) is 0 Å². The Morgan fingerprint density at radius 3 is 1.20 bits per heavy atom. The van der Waals surface area contributed by atoms with Gasteiger partial charge in [-0.1, -0.05) is 128 Å². The minimum Gasteiger partial charge on any atom is -0.0910 e. The second-order valence-corrected chi connectivity index (χ2v) is 15.0. The summed E-state index contributed by atoms with van der Waals surface area (Å²) in [6.45, 7) is 0. The Balaban J connectivity index is 2.63. The summed E-state index contributed by atoms with van der Waals surface area (Å²) in [5.74, 6) is 0. The largest absolute Gasteiger partial charge is 0.240 e. The zero-order valence-electron chi connectivity index (χ0n) is 6.25. The van der Waals surface area contributed by atoms with E-state index in [0.29, 0.717) is 0 Å². The van der Waals surface area contributed by atoms with Gasteiger partial charge in [0.15, 0.2) is 7.08 Å². The fourth-order valence-electron chi connectivity index (χ4n) is 0.605. The first-order chi connectivity index (χ1) is 6.37. The van der Waals surface area contributed by atoms with Crippen molar-refractivity contribution < 1.29 is 0 Å². The van der Waals surface area contributed by atoms with Gasteiger partial charge in [0.1, 0.15) is 0 Å². The summed E-state index contributed by atoms with van der Waals surface area (Å²) in [7, 11) is 0. The van der Waals surface area contributed by atoms with Gasteiger partial charge < -0.3 is 0 Å². The van der Waals surface area contributed by atoms with E-state index in [0.717, 1.165) is 35.3 Å². The molecule has 0 spiro atoms. The van der Waals surface area contributed by atoms with Gasteiger partial charge in [-0.05, 0) is 0 Å². The highest BCUT2D eigenvalue weighted by Crippen LogP contribution is 2.83. The van der Waals surface area contributed by atoms with Gasteiger partial charge in [0.2, 0.25) is 6.25 Å². The Labute approximate surface area is 140 Å². The average Bonchev–Trinajstić information content (AvgIpc) is 2.19. The van der Waals surface area contributed by atoms with E-state index in [-0.39, 0.29) is 0 Å². The average molecular weight is 428 g/mol. The van der Waals surface area contributed by atoms with Crippen molar-refractivity contribution >= 4 is 128 Å². The first-order valence-corrected chi connectivity index (χ1v) is 8.46. The van der Waals surface area contributed by atoms with Crippen molar-refractivity contribution in [2.75, 3.05) is 0 Å². The quantitative estimate of drug-likeness (QED) is 0.358. The molecule has 0 aromatic rings. The molecule has 1 heterocycles. The van der Waals surface area contributed by atoms with Crippen LogP contribution in [0.15, 0.2) is 0 Å². The van der Waals surface area contributed by atoms with Crippen LogP contribution in [0, 0.1) is 0 Å². The highest BCUT2D eigenvalue weighted by molar-refractivity contribution is 8.39. The lowest BCUT2D eigenvalue weighted by molar-refractivity contribution is 1.31. The van der Waals surface area contributed by atoms with Crippen LogP contribution >= 0.6 is 128 Å². The van der Waals surface area contributed by atoms with E-state index in [1.54, 1.807) is 0 Å². The van der Waals surface area contributed by atoms with Gasteiger partial charge in [0.25, 0.3) is 0 Å². The highest BCUT2D eigenvalue weighted by atomic mass is 35.6. The van der Waals surface area contributed by atoms with Gasteiger partial charge in [-0.15, -0.1) is 0 Å². The van der Waals surface area contributed by atoms with Crippen LogP contribution in [0.1, 0.15) is 0 Å². The maximum absolute atomic E-state index is 6.09. The second kappa shape index (κ2) is 5.05. The Hall–Kier alpha value is 3.37. The van der Waals surface area contributed by atoms with Gasteiger partial charge in [-0.2, -0.15) is 0 Å². The fourth-order valence-corrected chi connectivity index (χ4v) is 9.85. The normalized spacial score (nSPS) is 36.8. The molecule has 11 heteroatoms. The van der Waals surface area contributed by atoms with E-state index in [1.165, 1.54) is 0 Å². The molecule has 0 nitrogen and oxygen atoms in total. The molecule has 0 aliphatic carbocycles. The Morgan fingerprint density at radius 2 is 1.00 bits per heavy atom. The summed E-state index contributed by atoms with van der Waals surface area (Å²) in [6.07, 6.45) is 0. The summed E-state index contributed by atoms with van der Waals surface area (Å²) < 4.78 is -5.18. The molecule has 0 N–H and O–H groups in total. The summed E-state index contributed by atoms with van der Waals surface area (Å²) in [6, 6.07) is 0. The topological polar surface area (TPSA) is 0 Å². The fraction of sp³-hybridized carbons (Fsp3) is 1.00. The van der Waals surface area contributed by atoms with Crippen molar-refractivity contribution in [1.82, 2.24) is 0 Å². The van der Waals surface area contributed by atoms with Crippen LogP contribution in [-0.4, -0.2) is 13.3 Å². The van der Waals surface area contributed by atoms with Crippen molar-refractivity contribution in [3.05, 3.63) is 0 Å². The molecule has 90 valence electrons. The molecule has 0 aromatic carbocycles. The summed E-state index contributed by atoms with van der Waals surface area (Å²) in [4.78, 5) is 0. The standard InChI is InChI=1S/C4Cl8S3/c5-1(14-3(7,8)9)2(6,13-1)15-4(10,11)12/t1-,2-/m1/s1. The molecule has 1 fully saturated rings. The van der Waals surface area contributed by atoms with Gasteiger partial charge in [0, 0.05) is 0 Å². The van der Waals surface area contributed by atoms with Crippen molar-refractivity contribution in [1.29, 1.82) is 0 Å². The second-order valence-electron chi connectivity index (χ2n) is 2.27. The zero-order chi connectivity index (χ0) is 12.1. The van der Waals surface area contributed by atoms with Crippen molar-refractivity contribution in [3.63, 3.8) is 0 Å². The molecule has 1 saturated heterocycles. The minimum absolute atomic E-state index is 0.869. The Morgan fingerprint density at radius 1 is 0.733 bits per heavy atom. The first kappa shape index (κ1) is 16.4. The molecule has 0 bridgehead atoms. The van der Waals surface area contributed by atoms with Crippen molar-refractivity contribution in [2.24, 2.45) is 0 Å². The summed E-state index contributed by atoms with van der Waals surface area (Å²) in [5, 5.41) is 0. The molecule has 0 radical (unpaired) electrons. The molecule has 2 atom stereocenters.